The second kappa shape index (κ2) is 7.83. The van der Waals surface area contributed by atoms with E-state index in [1.165, 1.54) is 0 Å². The van der Waals surface area contributed by atoms with E-state index < -0.39 is 6.10 Å². The molecular formula is C20H22N2O3. The molecule has 0 aliphatic heterocycles. The largest absolute Gasteiger partial charge is 0.481 e. The van der Waals surface area contributed by atoms with Crippen molar-refractivity contribution in [1.82, 2.24) is 10.9 Å². The van der Waals surface area contributed by atoms with Crippen molar-refractivity contribution in [1.29, 1.82) is 0 Å². The minimum Gasteiger partial charge on any atom is -0.481 e. The summed E-state index contributed by atoms with van der Waals surface area (Å²) in [4.78, 5) is 24.2. The first kappa shape index (κ1) is 17.0. The van der Waals surface area contributed by atoms with Crippen LogP contribution in [0.25, 0.3) is 10.8 Å². The zero-order valence-electron chi connectivity index (χ0n) is 14.2. The summed E-state index contributed by atoms with van der Waals surface area (Å²) in [6, 6.07) is 13.6. The Balaban J connectivity index is 1.52. The molecule has 2 N–H and O–H groups in total. The number of benzene rings is 2. The fourth-order valence-corrected chi connectivity index (χ4v) is 2.86. The Morgan fingerprint density at radius 1 is 1.08 bits per heavy atom. The van der Waals surface area contributed by atoms with Crippen molar-refractivity contribution >= 4 is 22.6 Å². The highest BCUT2D eigenvalue weighted by atomic mass is 16.5. The summed E-state index contributed by atoms with van der Waals surface area (Å²) >= 11 is 0. The first-order chi connectivity index (χ1) is 12.1. The molecular weight excluding hydrogens is 316 g/mol. The molecule has 0 saturated heterocycles. The van der Waals surface area contributed by atoms with E-state index in [4.69, 9.17) is 4.74 Å². The normalized spacial score (nSPS) is 17.7. The second-order valence-electron chi connectivity index (χ2n) is 6.23. The predicted octanol–water partition coefficient (Wildman–Crippen LogP) is 3.11. The summed E-state index contributed by atoms with van der Waals surface area (Å²) in [6.45, 7) is 1.65. The van der Waals surface area contributed by atoms with E-state index in [0.29, 0.717) is 12.2 Å². The summed E-state index contributed by atoms with van der Waals surface area (Å²) in [5, 5.41) is 2.16. The number of ether oxygens (including phenoxy) is 1. The Morgan fingerprint density at radius 2 is 1.88 bits per heavy atom. The molecule has 3 rings (SSSR count). The summed E-state index contributed by atoms with van der Waals surface area (Å²) in [6.07, 6.45) is 5.77. The van der Waals surface area contributed by atoms with Crippen LogP contribution >= 0.6 is 0 Å². The van der Waals surface area contributed by atoms with Crippen molar-refractivity contribution in [2.75, 3.05) is 0 Å². The number of carbonyl (C=O) groups excluding carboxylic acids is 2. The zero-order valence-corrected chi connectivity index (χ0v) is 14.2. The van der Waals surface area contributed by atoms with Crippen molar-refractivity contribution in [2.45, 2.75) is 32.3 Å². The molecule has 0 unspecified atom stereocenters. The molecule has 0 fully saturated rings. The fraction of sp³-hybridized carbons (Fsp3) is 0.300. The highest BCUT2D eigenvalue weighted by molar-refractivity contribution is 5.86. The van der Waals surface area contributed by atoms with Crippen molar-refractivity contribution in [3.05, 3.63) is 54.6 Å². The molecule has 2 aromatic rings. The lowest BCUT2D eigenvalue weighted by Gasteiger charge is -2.19. The van der Waals surface area contributed by atoms with Crippen molar-refractivity contribution in [2.24, 2.45) is 5.92 Å². The van der Waals surface area contributed by atoms with Crippen LogP contribution in [0, 0.1) is 5.92 Å². The average Bonchev–Trinajstić information content (AvgIpc) is 2.66. The topological polar surface area (TPSA) is 67.4 Å². The third-order valence-electron chi connectivity index (χ3n) is 4.35. The summed E-state index contributed by atoms with van der Waals surface area (Å²) in [7, 11) is 0. The molecule has 0 bridgehead atoms. The van der Waals surface area contributed by atoms with Gasteiger partial charge >= 0.3 is 0 Å². The van der Waals surface area contributed by atoms with E-state index in [1.54, 1.807) is 6.92 Å². The predicted molar refractivity (Wildman–Crippen MR) is 96.8 cm³/mol. The van der Waals surface area contributed by atoms with Gasteiger partial charge in [0.2, 0.25) is 5.91 Å². The number of hydrogen-bond acceptors (Lipinski definition) is 3. The molecule has 2 atom stereocenters. The highest BCUT2D eigenvalue weighted by Crippen LogP contribution is 2.21. The average molecular weight is 338 g/mol. The molecule has 130 valence electrons. The van der Waals surface area contributed by atoms with Crippen molar-refractivity contribution < 1.29 is 14.3 Å². The number of rotatable bonds is 4. The second-order valence-corrected chi connectivity index (χ2v) is 6.23. The lowest BCUT2D eigenvalue weighted by atomic mass is 9.94. The van der Waals surface area contributed by atoms with Crippen molar-refractivity contribution in [3.8, 4) is 5.75 Å². The highest BCUT2D eigenvalue weighted by Gasteiger charge is 2.21. The maximum Gasteiger partial charge on any atom is 0.279 e. The van der Waals surface area contributed by atoms with E-state index in [9.17, 15) is 9.59 Å². The number of nitrogens with one attached hydrogen (secondary N) is 2. The molecule has 0 aromatic heterocycles. The lowest BCUT2D eigenvalue weighted by Crippen LogP contribution is -2.49. The van der Waals surface area contributed by atoms with Crippen LogP contribution in [0.1, 0.15) is 26.2 Å². The van der Waals surface area contributed by atoms with Crippen LogP contribution in [0.5, 0.6) is 5.75 Å². The fourth-order valence-electron chi connectivity index (χ4n) is 2.86. The van der Waals surface area contributed by atoms with E-state index >= 15 is 0 Å². The molecule has 25 heavy (non-hydrogen) atoms. The number of hydrogen-bond donors (Lipinski definition) is 2. The van der Waals surface area contributed by atoms with Gasteiger partial charge in [-0.2, -0.15) is 0 Å². The number of allylic oxidation sites excluding steroid dienone is 2. The number of fused-ring (bicyclic) bond motifs is 1. The number of carbonyl (C=O) groups is 2. The SMILES string of the molecule is C[C@@H](Oc1ccc2ccccc2c1)C(=O)NNC(=O)[C@H]1CC=CCC1. The van der Waals surface area contributed by atoms with Crippen LogP contribution in [0.2, 0.25) is 0 Å². The lowest BCUT2D eigenvalue weighted by molar-refractivity contribution is -0.134. The third kappa shape index (κ3) is 4.38. The standard InChI is InChI=1S/C20H22N2O3/c1-14(19(23)21-22-20(24)16-8-3-2-4-9-16)25-18-12-11-15-7-5-6-10-17(15)13-18/h2-3,5-7,10-14,16H,4,8-9H2,1H3,(H,21,23)(H,22,24)/t14-,16+/m1/s1. The summed E-state index contributed by atoms with van der Waals surface area (Å²) in [5.74, 6) is -0.00410. The maximum absolute atomic E-state index is 12.1. The van der Waals surface area contributed by atoms with Gasteiger partial charge in [0.15, 0.2) is 6.10 Å². The van der Waals surface area contributed by atoms with Gasteiger partial charge in [-0.25, -0.2) is 0 Å². The Labute approximate surface area is 147 Å². The van der Waals surface area contributed by atoms with Gasteiger partial charge in [0.1, 0.15) is 5.75 Å². The molecule has 0 heterocycles. The van der Waals surface area contributed by atoms with Gasteiger partial charge < -0.3 is 4.74 Å². The Hall–Kier alpha value is -2.82. The summed E-state index contributed by atoms with van der Waals surface area (Å²) in [5.41, 5.74) is 4.95. The molecule has 2 amide bonds. The Bertz CT molecular complexity index is 800. The monoisotopic (exact) mass is 338 g/mol. The van der Waals surface area contributed by atoms with E-state index in [2.05, 4.69) is 16.9 Å². The Kier molecular flexibility index (Phi) is 5.33. The molecule has 5 nitrogen and oxygen atoms in total. The maximum atomic E-state index is 12.1. The van der Waals surface area contributed by atoms with Gasteiger partial charge in [-0.15, -0.1) is 0 Å². The summed E-state index contributed by atoms with van der Waals surface area (Å²) < 4.78 is 5.69. The molecule has 2 aromatic carbocycles. The van der Waals surface area contributed by atoms with Crippen LogP contribution in [0.15, 0.2) is 54.6 Å². The Morgan fingerprint density at radius 3 is 2.64 bits per heavy atom. The van der Waals surface area contributed by atoms with Gasteiger partial charge in [0, 0.05) is 5.92 Å². The quantitative estimate of drug-likeness (QED) is 0.665. The molecule has 0 radical (unpaired) electrons. The van der Waals surface area contributed by atoms with Crippen LogP contribution in [0.4, 0.5) is 0 Å². The molecule has 0 saturated carbocycles. The minimum atomic E-state index is -0.715. The van der Waals surface area contributed by atoms with E-state index in [-0.39, 0.29) is 17.7 Å². The molecule has 5 heteroatoms. The van der Waals surface area contributed by atoms with Gasteiger partial charge in [-0.05, 0) is 49.1 Å². The van der Waals surface area contributed by atoms with Crippen molar-refractivity contribution in [3.63, 3.8) is 0 Å². The smallest absolute Gasteiger partial charge is 0.279 e. The van der Waals surface area contributed by atoms with Gasteiger partial charge in [-0.1, -0.05) is 42.5 Å². The van der Waals surface area contributed by atoms with Crippen LogP contribution in [-0.4, -0.2) is 17.9 Å². The van der Waals surface area contributed by atoms with Crippen LogP contribution < -0.4 is 15.6 Å². The van der Waals surface area contributed by atoms with Crippen LogP contribution in [0.3, 0.4) is 0 Å². The molecule has 1 aliphatic carbocycles. The van der Waals surface area contributed by atoms with Gasteiger partial charge in [0.05, 0.1) is 0 Å². The third-order valence-corrected chi connectivity index (χ3v) is 4.35. The van der Waals surface area contributed by atoms with E-state index in [1.807, 2.05) is 48.5 Å². The number of hydrazine groups is 1. The molecule has 1 aliphatic rings. The first-order valence-corrected chi connectivity index (χ1v) is 8.53. The van der Waals surface area contributed by atoms with E-state index in [0.717, 1.165) is 23.6 Å². The van der Waals surface area contributed by atoms with Gasteiger partial charge in [-0.3, -0.25) is 20.4 Å². The van der Waals surface area contributed by atoms with Gasteiger partial charge in [0.25, 0.3) is 5.91 Å². The molecule has 0 spiro atoms. The first-order valence-electron chi connectivity index (χ1n) is 8.53. The number of amides is 2. The minimum absolute atomic E-state index is 0.0815. The zero-order chi connectivity index (χ0) is 17.6. The van der Waals surface area contributed by atoms with Crippen LogP contribution in [-0.2, 0) is 9.59 Å².